The molecule has 1 aromatic heterocycles. The van der Waals surface area contributed by atoms with Gasteiger partial charge in [0.25, 0.3) is 5.91 Å². The van der Waals surface area contributed by atoms with E-state index in [4.69, 9.17) is 11.6 Å². The van der Waals surface area contributed by atoms with Gasteiger partial charge < -0.3 is 9.80 Å². The molecule has 0 atom stereocenters. The van der Waals surface area contributed by atoms with Crippen LogP contribution < -0.4 is 4.90 Å². The predicted molar refractivity (Wildman–Crippen MR) is 113 cm³/mol. The topological polar surface area (TPSA) is 54.3 Å². The van der Waals surface area contributed by atoms with E-state index in [-0.39, 0.29) is 5.91 Å². The van der Waals surface area contributed by atoms with Crippen LogP contribution in [-0.2, 0) is 0 Å². The van der Waals surface area contributed by atoms with Crippen LogP contribution in [0.15, 0.2) is 53.0 Å². The summed E-state index contributed by atoms with van der Waals surface area (Å²) in [5, 5.41) is 9.07. The molecule has 0 N–H and O–H groups in total. The van der Waals surface area contributed by atoms with Gasteiger partial charge in [0.05, 0.1) is 11.4 Å². The number of halogens is 2. The van der Waals surface area contributed by atoms with Gasteiger partial charge in [-0.15, -0.1) is 5.10 Å². The van der Waals surface area contributed by atoms with Crippen LogP contribution in [0.3, 0.4) is 0 Å². The summed E-state index contributed by atoms with van der Waals surface area (Å²) in [6.07, 6.45) is 0. The third-order valence-corrected chi connectivity index (χ3v) is 5.65. The van der Waals surface area contributed by atoms with Crippen molar-refractivity contribution in [1.29, 1.82) is 0 Å². The smallest absolute Gasteiger partial charge is 0.276 e. The van der Waals surface area contributed by atoms with Crippen LogP contribution in [0.2, 0.25) is 5.02 Å². The van der Waals surface area contributed by atoms with E-state index in [1.807, 2.05) is 60.4 Å². The van der Waals surface area contributed by atoms with E-state index >= 15 is 0 Å². The molecule has 0 spiro atoms. The number of amides is 1. The molecule has 1 amide bonds. The van der Waals surface area contributed by atoms with Crippen molar-refractivity contribution in [3.8, 4) is 5.69 Å². The first-order chi connectivity index (χ1) is 13.5. The number of piperazine rings is 1. The monoisotopic (exact) mass is 459 g/mol. The standard InChI is InChI=1S/C20H19BrClN5O/c1-14-19(23-24-27(14)18-4-2-3-15(21)13-18)20(28)26-11-9-25(10-12-26)17-7-5-16(22)6-8-17/h2-8,13H,9-12H2,1H3. The lowest BCUT2D eigenvalue weighted by molar-refractivity contribution is 0.0740. The van der Waals surface area contributed by atoms with Crippen LogP contribution in [0.5, 0.6) is 0 Å². The van der Waals surface area contributed by atoms with Gasteiger partial charge in [-0.1, -0.05) is 38.8 Å². The van der Waals surface area contributed by atoms with E-state index in [1.165, 1.54) is 0 Å². The number of benzene rings is 2. The maximum atomic E-state index is 13.0. The lowest BCUT2D eigenvalue weighted by atomic mass is 10.2. The lowest BCUT2D eigenvalue weighted by Gasteiger charge is -2.35. The van der Waals surface area contributed by atoms with Gasteiger partial charge in [-0.3, -0.25) is 4.79 Å². The predicted octanol–water partition coefficient (Wildman–Crippen LogP) is 3.95. The molecule has 28 heavy (non-hydrogen) atoms. The molecule has 6 nitrogen and oxygen atoms in total. The second-order valence-corrected chi connectivity index (χ2v) is 8.02. The summed E-state index contributed by atoms with van der Waals surface area (Å²) >= 11 is 9.43. The number of carbonyl (C=O) groups is 1. The Morgan fingerprint density at radius 1 is 1.04 bits per heavy atom. The molecule has 0 radical (unpaired) electrons. The Morgan fingerprint density at radius 3 is 2.43 bits per heavy atom. The summed E-state index contributed by atoms with van der Waals surface area (Å²) < 4.78 is 2.65. The minimum atomic E-state index is -0.0745. The molecule has 3 aromatic rings. The van der Waals surface area contributed by atoms with Crippen LogP contribution in [0, 0.1) is 6.92 Å². The van der Waals surface area contributed by atoms with E-state index in [0.717, 1.165) is 39.7 Å². The van der Waals surface area contributed by atoms with Gasteiger partial charge in [0, 0.05) is 41.4 Å². The molecule has 2 heterocycles. The van der Waals surface area contributed by atoms with Gasteiger partial charge in [0.2, 0.25) is 0 Å². The quantitative estimate of drug-likeness (QED) is 0.594. The van der Waals surface area contributed by atoms with Gasteiger partial charge >= 0.3 is 0 Å². The number of nitrogens with zero attached hydrogens (tertiary/aromatic N) is 5. The first kappa shape index (κ1) is 19.0. The number of aromatic nitrogens is 3. The van der Waals surface area contributed by atoms with Gasteiger partial charge in [-0.05, 0) is 49.4 Å². The number of hydrogen-bond acceptors (Lipinski definition) is 4. The zero-order valence-electron chi connectivity index (χ0n) is 15.3. The largest absolute Gasteiger partial charge is 0.368 e. The van der Waals surface area contributed by atoms with Crippen molar-refractivity contribution < 1.29 is 4.79 Å². The fourth-order valence-electron chi connectivity index (χ4n) is 3.35. The summed E-state index contributed by atoms with van der Waals surface area (Å²) in [5.41, 5.74) is 3.13. The highest BCUT2D eigenvalue weighted by atomic mass is 79.9. The summed E-state index contributed by atoms with van der Waals surface area (Å²) in [6, 6.07) is 15.5. The molecule has 4 rings (SSSR count). The van der Waals surface area contributed by atoms with Crippen molar-refractivity contribution in [2.45, 2.75) is 6.92 Å². The molecule has 0 aliphatic carbocycles. The zero-order chi connectivity index (χ0) is 19.7. The molecule has 2 aromatic carbocycles. The molecule has 144 valence electrons. The highest BCUT2D eigenvalue weighted by Crippen LogP contribution is 2.21. The van der Waals surface area contributed by atoms with Crippen LogP contribution >= 0.6 is 27.5 Å². The summed E-state index contributed by atoms with van der Waals surface area (Å²) in [7, 11) is 0. The van der Waals surface area contributed by atoms with Crippen LogP contribution in [-0.4, -0.2) is 52.0 Å². The normalized spacial score (nSPS) is 14.4. The van der Waals surface area contributed by atoms with E-state index in [1.54, 1.807) is 4.68 Å². The van der Waals surface area contributed by atoms with Crippen LogP contribution in [0.25, 0.3) is 5.69 Å². The fraction of sp³-hybridized carbons (Fsp3) is 0.250. The van der Waals surface area contributed by atoms with Gasteiger partial charge in [-0.2, -0.15) is 0 Å². The Hall–Kier alpha value is -2.38. The minimum absolute atomic E-state index is 0.0745. The zero-order valence-corrected chi connectivity index (χ0v) is 17.7. The van der Waals surface area contributed by atoms with E-state index < -0.39 is 0 Å². The van der Waals surface area contributed by atoms with Crippen molar-refractivity contribution in [1.82, 2.24) is 19.9 Å². The Bertz CT molecular complexity index is 996. The molecule has 0 bridgehead atoms. The van der Waals surface area contributed by atoms with E-state index in [0.29, 0.717) is 18.8 Å². The second-order valence-electron chi connectivity index (χ2n) is 6.67. The van der Waals surface area contributed by atoms with E-state index in [9.17, 15) is 4.79 Å². The Kier molecular flexibility index (Phi) is 5.37. The van der Waals surface area contributed by atoms with Gasteiger partial charge in [0.15, 0.2) is 5.69 Å². The lowest BCUT2D eigenvalue weighted by Crippen LogP contribution is -2.49. The summed E-state index contributed by atoms with van der Waals surface area (Å²) in [5.74, 6) is -0.0745. The van der Waals surface area contributed by atoms with E-state index in [2.05, 4.69) is 31.1 Å². The van der Waals surface area contributed by atoms with Crippen molar-refractivity contribution in [2.75, 3.05) is 31.1 Å². The molecule has 0 saturated carbocycles. The molecular formula is C20H19BrClN5O. The molecular weight excluding hydrogens is 442 g/mol. The third kappa shape index (κ3) is 3.77. The van der Waals surface area contributed by atoms with Gasteiger partial charge in [-0.25, -0.2) is 4.68 Å². The van der Waals surface area contributed by atoms with Crippen molar-refractivity contribution in [3.63, 3.8) is 0 Å². The van der Waals surface area contributed by atoms with Crippen molar-refractivity contribution in [2.24, 2.45) is 0 Å². The molecule has 1 aliphatic rings. The third-order valence-electron chi connectivity index (χ3n) is 4.91. The number of carbonyl (C=O) groups excluding carboxylic acids is 1. The van der Waals surface area contributed by atoms with Crippen LogP contribution in [0.4, 0.5) is 5.69 Å². The number of hydrogen-bond donors (Lipinski definition) is 0. The summed E-state index contributed by atoms with van der Waals surface area (Å²) in [4.78, 5) is 17.1. The first-order valence-electron chi connectivity index (χ1n) is 9.01. The molecule has 0 unspecified atom stereocenters. The maximum Gasteiger partial charge on any atom is 0.276 e. The second kappa shape index (κ2) is 7.93. The Labute approximate surface area is 176 Å². The van der Waals surface area contributed by atoms with Crippen LogP contribution in [0.1, 0.15) is 16.2 Å². The highest BCUT2D eigenvalue weighted by molar-refractivity contribution is 9.10. The first-order valence-corrected chi connectivity index (χ1v) is 10.2. The highest BCUT2D eigenvalue weighted by Gasteiger charge is 2.26. The number of anilines is 1. The maximum absolute atomic E-state index is 13.0. The van der Waals surface area contributed by atoms with Crippen molar-refractivity contribution >= 4 is 39.1 Å². The Morgan fingerprint density at radius 2 is 1.75 bits per heavy atom. The average molecular weight is 461 g/mol. The molecule has 1 saturated heterocycles. The molecule has 1 aliphatic heterocycles. The fourth-order valence-corrected chi connectivity index (χ4v) is 3.86. The Balaban J connectivity index is 1.46. The molecule has 1 fully saturated rings. The molecule has 8 heteroatoms. The summed E-state index contributed by atoms with van der Waals surface area (Å²) in [6.45, 7) is 4.70. The van der Waals surface area contributed by atoms with Gasteiger partial charge in [0.1, 0.15) is 0 Å². The SMILES string of the molecule is Cc1c(C(=O)N2CCN(c3ccc(Cl)cc3)CC2)nnn1-c1cccc(Br)c1. The minimum Gasteiger partial charge on any atom is -0.368 e. The number of rotatable bonds is 3. The van der Waals surface area contributed by atoms with Crippen molar-refractivity contribution in [3.05, 3.63) is 69.4 Å². The average Bonchev–Trinajstić information content (AvgIpc) is 3.09.